The molecule has 1 aromatic rings. The van der Waals surface area contributed by atoms with Gasteiger partial charge in [-0.1, -0.05) is 65.2 Å². The summed E-state index contributed by atoms with van der Waals surface area (Å²) in [5.74, 6) is 0. The zero-order chi connectivity index (χ0) is 15.7. The van der Waals surface area contributed by atoms with Crippen LogP contribution in [0.2, 0.25) is 0 Å². The topological polar surface area (TPSA) is 17.8 Å². The molecule has 0 fully saturated rings. The number of aromatic nitrogens is 2. The third kappa shape index (κ3) is 6.36. The van der Waals surface area contributed by atoms with Crippen molar-refractivity contribution in [3.05, 3.63) is 13.7 Å². The highest BCUT2D eigenvalue weighted by Crippen LogP contribution is 2.33. The van der Waals surface area contributed by atoms with Crippen molar-refractivity contribution in [3.63, 3.8) is 0 Å². The van der Waals surface area contributed by atoms with E-state index in [1.165, 1.54) is 67.9 Å². The van der Waals surface area contributed by atoms with Gasteiger partial charge in [-0.15, -0.1) is 0 Å². The molecule has 0 aliphatic rings. The largest absolute Gasteiger partial charge is 0.319 e. The highest BCUT2D eigenvalue weighted by molar-refractivity contribution is 14.1. The van der Waals surface area contributed by atoms with Crippen molar-refractivity contribution in [2.45, 2.75) is 90.5 Å². The van der Waals surface area contributed by atoms with E-state index < -0.39 is 0 Å². The second-order valence-electron chi connectivity index (χ2n) is 6.31. The van der Waals surface area contributed by atoms with Crippen LogP contribution in [0.25, 0.3) is 0 Å². The molecule has 1 rings (SSSR count). The third-order valence-corrected chi connectivity index (χ3v) is 7.24. The van der Waals surface area contributed by atoms with Gasteiger partial charge in [0.2, 0.25) is 0 Å². The molecule has 1 heterocycles. The lowest BCUT2D eigenvalue weighted by molar-refractivity contribution is 0.246. The molecular formula is C17H30I2N2. The van der Waals surface area contributed by atoms with Gasteiger partial charge in [0.15, 0.2) is 0 Å². The Morgan fingerprint density at radius 1 is 0.952 bits per heavy atom. The van der Waals surface area contributed by atoms with E-state index >= 15 is 0 Å². The molecule has 0 bridgehead atoms. The Hall–Kier alpha value is 0.670. The lowest BCUT2D eigenvalue weighted by Crippen LogP contribution is -2.31. The second-order valence-corrected chi connectivity index (χ2v) is 8.36. The van der Waals surface area contributed by atoms with Crippen LogP contribution in [0.1, 0.15) is 85.0 Å². The summed E-state index contributed by atoms with van der Waals surface area (Å²) in [6.07, 6.45) is 15.4. The fourth-order valence-electron chi connectivity index (χ4n) is 2.92. The Labute approximate surface area is 158 Å². The molecule has 0 aliphatic carbocycles. The Morgan fingerprint density at radius 3 is 2.00 bits per heavy atom. The minimum absolute atomic E-state index is 0.244. The van der Waals surface area contributed by atoms with E-state index in [0.717, 1.165) is 3.70 Å². The van der Waals surface area contributed by atoms with Gasteiger partial charge in [0, 0.05) is 5.54 Å². The van der Waals surface area contributed by atoms with Crippen LogP contribution in [0, 0.1) is 7.40 Å². The molecule has 0 N–H and O–H groups in total. The van der Waals surface area contributed by atoms with Crippen LogP contribution in [-0.4, -0.2) is 9.55 Å². The minimum Gasteiger partial charge on any atom is -0.319 e. The SMILES string of the molecule is CCCCCCCC(C)(CCCCC)n1cnc(I)c1I. The van der Waals surface area contributed by atoms with E-state index in [1.807, 2.05) is 0 Å². The average Bonchev–Trinajstić information content (AvgIpc) is 2.80. The molecular weight excluding hydrogens is 486 g/mol. The summed E-state index contributed by atoms with van der Waals surface area (Å²) < 4.78 is 4.88. The summed E-state index contributed by atoms with van der Waals surface area (Å²) in [6.45, 7) is 7.00. The van der Waals surface area contributed by atoms with Gasteiger partial charge in [0.25, 0.3) is 0 Å². The van der Waals surface area contributed by atoms with Gasteiger partial charge in [0.1, 0.15) is 7.40 Å². The van der Waals surface area contributed by atoms with Crippen molar-refractivity contribution in [2.75, 3.05) is 0 Å². The molecule has 1 unspecified atom stereocenters. The quantitative estimate of drug-likeness (QED) is 0.235. The Bertz CT molecular complexity index is 403. The van der Waals surface area contributed by atoms with Crippen LogP contribution >= 0.6 is 45.2 Å². The van der Waals surface area contributed by atoms with Crippen LogP contribution in [0.3, 0.4) is 0 Å². The summed E-state index contributed by atoms with van der Waals surface area (Å²) in [4.78, 5) is 4.51. The van der Waals surface area contributed by atoms with Crippen molar-refractivity contribution in [1.29, 1.82) is 0 Å². The predicted molar refractivity (Wildman–Crippen MR) is 109 cm³/mol. The average molecular weight is 516 g/mol. The summed E-state index contributed by atoms with van der Waals surface area (Å²) in [5, 5.41) is 0. The van der Waals surface area contributed by atoms with Crippen molar-refractivity contribution >= 4 is 45.2 Å². The van der Waals surface area contributed by atoms with E-state index in [0.29, 0.717) is 0 Å². The first-order valence-corrected chi connectivity index (χ1v) is 10.6. The summed E-state index contributed by atoms with van der Waals surface area (Å²) >= 11 is 4.80. The molecule has 2 nitrogen and oxygen atoms in total. The summed E-state index contributed by atoms with van der Waals surface area (Å²) in [6, 6.07) is 0. The normalized spacial score (nSPS) is 14.3. The molecule has 21 heavy (non-hydrogen) atoms. The van der Waals surface area contributed by atoms with Crippen molar-refractivity contribution in [2.24, 2.45) is 0 Å². The Morgan fingerprint density at radius 2 is 1.48 bits per heavy atom. The van der Waals surface area contributed by atoms with E-state index in [9.17, 15) is 0 Å². The number of imidazole rings is 1. The van der Waals surface area contributed by atoms with Crippen LogP contribution < -0.4 is 0 Å². The predicted octanol–water partition coefficient (Wildman–Crippen LogP) is 6.75. The first-order valence-electron chi connectivity index (χ1n) is 8.44. The maximum Gasteiger partial charge on any atom is 0.132 e. The molecule has 0 spiro atoms. The standard InChI is InChI=1S/C17H30I2N2/c1-4-6-8-9-11-13-17(3,12-10-7-5-2)21-14-20-15(18)16(21)19/h14H,4-13H2,1-3H3. The van der Waals surface area contributed by atoms with Crippen LogP contribution in [0.5, 0.6) is 0 Å². The first-order chi connectivity index (χ1) is 10.0. The highest BCUT2D eigenvalue weighted by atomic mass is 127. The maximum atomic E-state index is 4.51. The molecule has 0 saturated heterocycles. The third-order valence-electron chi connectivity index (χ3n) is 4.39. The van der Waals surface area contributed by atoms with E-state index in [-0.39, 0.29) is 5.54 Å². The molecule has 122 valence electrons. The van der Waals surface area contributed by atoms with Crippen LogP contribution in [0.15, 0.2) is 6.33 Å². The maximum absolute atomic E-state index is 4.51. The molecule has 0 aliphatic heterocycles. The van der Waals surface area contributed by atoms with Crippen molar-refractivity contribution < 1.29 is 0 Å². The van der Waals surface area contributed by atoms with E-state index in [1.54, 1.807) is 0 Å². The molecule has 1 atom stereocenters. The number of hydrogen-bond acceptors (Lipinski definition) is 1. The van der Waals surface area contributed by atoms with Gasteiger partial charge in [-0.3, -0.25) is 0 Å². The van der Waals surface area contributed by atoms with E-state index in [2.05, 4.69) is 81.8 Å². The molecule has 0 amide bonds. The molecule has 0 aromatic carbocycles. The smallest absolute Gasteiger partial charge is 0.132 e. The summed E-state index contributed by atoms with van der Waals surface area (Å²) in [7, 11) is 0. The van der Waals surface area contributed by atoms with Gasteiger partial charge in [0.05, 0.1) is 6.33 Å². The van der Waals surface area contributed by atoms with Gasteiger partial charge >= 0.3 is 0 Å². The molecule has 1 aromatic heterocycles. The molecule has 4 heteroatoms. The van der Waals surface area contributed by atoms with Crippen LogP contribution in [0.4, 0.5) is 0 Å². The Kier molecular flexibility index (Phi) is 9.81. The number of rotatable bonds is 11. The fourth-order valence-corrected chi connectivity index (χ4v) is 4.15. The summed E-state index contributed by atoms with van der Waals surface area (Å²) in [5.41, 5.74) is 0.244. The highest BCUT2D eigenvalue weighted by Gasteiger charge is 2.27. The minimum atomic E-state index is 0.244. The van der Waals surface area contributed by atoms with E-state index in [4.69, 9.17) is 0 Å². The van der Waals surface area contributed by atoms with Gasteiger partial charge in [-0.25, -0.2) is 4.98 Å². The number of halogens is 2. The molecule has 0 saturated carbocycles. The van der Waals surface area contributed by atoms with Gasteiger partial charge in [-0.05, 0) is 64.9 Å². The zero-order valence-corrected chi connectivity index (χ0v) is 18.1. The van der Waals surface area contributed by atoms with Gasteiger partial charge in [-0.2, -0.15) is 0 Å². The molecule has 0 radical (unpaired) electrons. The zero-order valence-electron chi connectivity index (χ0n) is 13.8. The second kappa shape index (κ2) is 10.4. The van der Waals surface area contributed by atoms with Crippen molar-refractivity contribution in [3.8, 4) is 0 Å². The van der Waals surface area contributed by atoms with Crippen LogP contribution in [-0.2, 0) is 5.54 Å². The van der Waals surface area contributed by atoms with Gasteiger partial charge < -0.3 is 4.57 Å². The lowest BCUT2D eigenvalue weighted by Gasteiger charge is -2.32. The lowest BCUT2D eigenvalue weighted by atomic mass is 9.88. The fraction of sp³-hybridized carbons (Fsp3) is 0.824. The Balaban J connectivity index is 2.67. The monoisotopic (exact) mass is 516 g/mol. The number of hydrogen-bond donors (Lipinski definition) is 0. The number of unbranched alkanes of at least 4 members (excludes halogenated alkanes) is 6. The van der Waals surface area contributed by atoms with Crippen molar-refractivity contribution in [1.82, 2.24) is 9.55 Å². The first kappa shape index (κ1) is 19.7. The number of nitrogens with zero attached hydrogens (tertiary/aromatic N) is 2.